The van der Waals surface area contributed by atoms with Crippen molar-refractivity contribution in [1.82, 2.24) is 0 Å². The van der Waals surface area contributed by atoms with Gasteiger partial charge in [0.05, 0.1) is 7.11 Å². The molecule has 0 spiro atoms. The van der Waals surface area contributed by atoms with Crippen LogP contribution in [0.4, 0.5) is 4.39 Å². The van der Waals surface area contributed by atoms with Gasteiger partial charge in [0.2, 0.25) is 0 Å². The standard InChI is InChI=1S/C15H15FO2/c1-10-3-4-12(9-14(10)16)15(17)11-5-7-13(18-2)8-6-11/h3-9,15,17H,1-2H3. The summed E-state index contributed by atoms with van der Waals surface area (Å²) in [5.74, 6) is 0.418. The maximum absolute atomic E-state index is 13.4. The van der Waals surface area contributed by atoms with Gasteiger partial charge in [-0.05, 0) is 41.8 Å². The molecule has 0 fully saturated rings. The summed E-state index contributed by atoms with van der Waals surface area (Å²) in [5, 5.41) is 10.2. The van der Waals surface area contributed by atoms with E-state index in [1.54, 1.807) is 50.4 Å². The van der Waals surface area contributed by atoms with Crippen LogP contribution in [-0.2, 0) is 0 Å². The highest BCUT2D eigenvalue weighted by molar-refractivity contribution is 5.35. The van der Waals surface area contributed by atoms with E-state index in [0.29, 0.717) is 16.7 Å². The second-order valence-corrected chi connectivity index (χ2v) is 4.18. The Morgan fingerprint density at radius 1 is 1.06 bits per heavy atom. The number of benzene rings is 2. The van der Waals surface area contributed by atoms with Gasteiger partial charge in [-0.2, -0.15) is 0 Å². The molecule has 1 atom stereocenters. The second kappa shape index (κ2) is 5.19. The molecular weight excluding hydrogens is 231 g/mol. The average Bonchev–Trinajstić information content (AvgIpc) is 2.41. The molecule has 0 saturated carbocycles. The number of hydrogen-bond acceptors (Lipinski definition) is 2. The van der Waals surface area contributed by atoms with Crippen molar-refractivity contribution in [1.29, 1.82) is 0 Å². The Labute approximate surface area is 106 Å². The van der Waals surface area contributed by atoms with Crippen LogP contribution in [-0.4, -0.2) is 12.2 Å². The quantitative estimate of drug-likeness (QED) is 0.901. The normalized spacial score (nSPS) is 12.2. The highest BCUT2D eigenvalue weighted by Crippen LogP contribution is 2.25. The Balaban J connectivity index is 2.28. The molecule has 1 unspecified atom stereocenters. The number of ether oxygens (including phenoxy) is 1. The van der Waals surface area contributed by atoms with Crippen LogP contribution in [0.25, 0.3) is 0 Å². The molecule has 0 bridgehead atoms. The molecule has 1 N–H and O–H groups in total. The van der Waals surface area contributed by atoms with Gasteiger partial charge in [0.1, 0.15) is 17.7 Å². The van der Waals surface area contributed by atoms with Gasteiger partial charge < -0.3 is 9.84 Å². The summed E-state index contributed by atoms with van der Waals surface area (Å²) in [6.07, 6.45) is -0.828. The molecule has 0 aliphatic heterocycles. The Hall–Kier alpha value is -1.87. The predicted octanol–water partition coefficient (Wildman–Crippen LogP) is 3.22. The molecule has 0 aliphatic carbocycles. The minimum Gasteiger partial charge on any atom is -0.497 e. The van der Waals surface area contributed by atoms with Crippen molar-refractivity contribution in [3.63, 3.8) is 0 Å². The number of hydrogen-bond donors (Lipinski definition) is 1. The van der Waals surface area contributed by atoms with Crippen molar-refractivity contribution in [2.24, 2.45) is 0 Å². The third kappa shape index (κ3) is 2.51. The van der Waals surface area contributed by atoms with Crippen LogP contribution in [0.1, 0.15) is 22.8 Å². The van der Waals surface area contributed by atoms with Crippen molar-refractivity contribution >= 4 is 0 Å². The number of rotatable bonds is 3. The number of aliphatic hydroxyl groups excluding tert-OH is 1. The van der Waals surface area contributed by atoms with Crippen LogP contribution in [0.2, 0.25) is 0 Å². The number of halogens is 1. The smallest absolute Gasteiger partial charge is 0.126 e. The lowest BCUT2D eigenvalue weighted by Crippen LogP contribution is -2.00. The van der Waals surface area contributed by atoms with E-state index >= 15 is 0 Å². The van der Waals surface area contributed by atoms with Crippen LogP contribution < -0.4 is 4.74 Å². The number of aliphatic hydroxyl groups is 1. The van der Waals surface area contributed by atoms with E-state index in [0.717, 1.165) is 5.75 Å². The van der Waals surface area contributed by atoms with E-state index in [2.05, 4.69) is 0 Å². The molecule has 3 heteroatoms. The molecule has 0 saturated heterocycles. The summed E-state index contributed by atoms with van der Waals surface area (Å²) in [4.78, 5) is 0. The molecule has 18 heavy (non-hydrogen) atoms. The first kappa shape index (κ1) is 12.6. The molecule has 2 nitrogen and oxygen atoms in total. The minimum atomic E-state index is -0.828. The SMILES string of the molecule is COc1ccc(C(O)c2ccc(C)c(F)c2)cc1. The first-order chi connectivity index (χ1) is 8.61. The zero-order valence-corrected chi connectivity index (χ0v) is 10.4. The number of aryl methyl sites for hydroxylation is 1. The molecule has 0 heterocycles. The lowest BCUT2D eigenvalue weighted by Gasteiger charge is -2.12. The first-order valence-electron chi connectivity index (χ1n) is 5.70. The Kier molecular flexibility index (Phi) is 3.63. The molecule has 0 amide bonds. The molecule has 2 aromatic rings. The van der Waals surface area contributed by atoms with Gasteiger partial charge >= 0.3 is 0 Å². The molecule has 94 valence electrons. The second-order valence-electron chi connectivity index (χ2n) is 4.18. The van der Waals surface area contributed by atoms with Gasteiger partial charge in [0, 0.05) is 0 Å². The lowest BCUT2D eigenvalue weighted by atomic mass is 10.0. The van der Waals surface area contributed by atoms with Gasteiger partial charge in [-0.1, -0.05) is 24.3 Å². The molecule has 0 radical (unpaired) electrons. The zero-order chi connectivity index (χ0) is 13.1. The fourth-order valence-corrected chi connectivity index (χ4v) is 1.76. The molecule has 2 rings (SSSR count). The highest BCUT2D eigenvalue weighted by atomic mass is 19.1. The van der Waals surface area contributed by atoms with Gasteiger partial charge in [0.25, 0.3) is 0 Å². The van der Waals surface area contributed by atoms with Crippen LogP contribution in [0.15, 0.2) is 42.5 Å². The summed E-state index contributed by atoms with van der Waals surface area (Å²) in [7, 11) is 1.58. The molecule has 0 aromatic heterocycles. The zero-order valence-electron chi connectivity index (χ0n) is 10.4. The largest absolute Gasteiger partial charge is 0.497 e. The van der Waals surface area contributed by atoms with Gasteiger partial charge in [-0.3, -0.25) is 0 Å². The minimum absolute atomic E-state index is 0.305. The van der Waals surface area contributed by atoms with Gasteiger partial charge in [0.15, 0.2) is 0 Å². The Morgan fingerprint density at radius 2 is 1.67 bits per heavy atom. The monoisotopic (exact) mass is 246 g/mol. The van der Waals surface area contributed by atoms with Crippen molar-refractivity contribution in [2.75, 3.05) is 7.11 Å². The van der Waals surface area contributed by atoms with Crippen LogP contribution in [0, 0.1) is 12.7 Å². The molecule has 2 aromatic carbocycles. The van der Waals surface area contributed by atoms with Gasteiger partial charge in [-0.15, -0.1) is 0 Å². The van der Waals surface area contributed by atoms with E-state index < -0.39 is 6.10 Å². The van der Waals surface area contributed by atoms with Crippen LogP contribution >= 0.6 is 0 Å². The molecule has 0 aliphatic rings. The van der Waals surface area contributed by atoms with Crippen LogP contribution in [0.3, 0.4) is 0 Å². The lowest BCUT2D eigenvalue weighted by molar-refractivity contribution is 0.219. The fraction of sp³-hybridized carbons (Fsp3) is 0.200. The van der Waals surface area contributed by atoms with Crippen molar-refractivity contribution < 1.29 is 14.2 Å². The topological polar surface area (TPSA) is 29.5 Å². The van der Waals surface area contributed by atoms with E-state index in [1.807, 2.05) is 0 Å². The predicted molar refractivity (Wildman–Crippen MR) is 68.2 cm³/mol. The van der Waals surface area contributed by atoms with Crippen molar-refractivity contribution in [2.45, 2.75) is 13.0 Å². The summed E-state index contributed by atoms with van der Waals surface area (Å²) < 4.78 is 18.5. The summed E-state index contributed by atoms with van der Waals surface area (Å²) >= 11 is 0. The maximum Gasteiger partial charge on any atom is 0.126 e. The first-order valence-corrected chi connectivity index (χ1v) is 5.70. The van der Waals surface area contributed by atoms with Gasteiger partial charge in [-0.25, -0.2) is 4.39 Å². The number of methoxy groups -OCH3 is 1. The highest BCUT2D eigenvalue weighted by Gasteiger charge is 2.12. The molecular formula is C15H15FO2. The van der Waals surface area contributed by atoms with Crippen molar-refractivity contribution in [3.8, 4) is 5.75 Å². The Morgan fingerprint density at radius 3 is 2.22 bits per heavy atom. The summed E-state index contributed by atoms with van der Waals surface area (Å²) in [5.41, 5.74) is 1.82. The van der Waals surface area contributed by atoms with E-state index in [9.17, 15) is 9.50 Å². The fourth-order valence-electron chi connectivity index (χ4n) is 1.76. The van der Waals surface area contributed by atoms with E-state index in [1.165, 1.54) is 6.07 Å². The van der Waals surface area contributed by atoms with Crippen molar-refractivity contribution in [3.05, 3.63) is 65.0 Å². The van der Waals surface area contributed by atoms with E-state index in [-0.39, 0.29) is 5.82 Å². The summed E-state index contributed by atoms with van der Waals surface area (Å²) in [6.45, 7) is 1.69. The van der Waals surface area contributed by atoms with E-state index in [4.69, 9.17) is 4.74 Å². The Bertz CT molecular complexity index is 535. The third-order valence-corrected chi connectivity index (χ3v) is 2.94. The van der Waals surface area contributed by atoms with Crippen LogP contribution in [0.5, 0.6) is 5.75 Å². The summed E-state index contributed by atoms with van der Waals surface area (Å²) in [6, 6.07) is 11.8. The maximum atomic E-state index is 13.4. The third-order valence-electron chi connectivity index (χ3n) is 2.94. The average molecular weight is 246 g/mol.